The quantitative estimate of drug-likeness (QED) is 0.648. The maximum atomic E-state index is 10.7. The average Bonchev–Trinajstić information content (AvgIpc) is 2.47. The molecule has 0 aromatic heterocycles. The number of aryl methyl sites for hydroxylation is 1. The lowest BCUT2D eigenvalue weighted by Crippen LogP contribution is -2.11. The molecule has 1 N–H and O–H groups in total. The molecule has 2 aromatic rings. The van der Waals surface area contributed by atoms with Gasteiger partial charge in [-0.15, -0.1) is 0 Å². The number of nitro groups is 1. The predicted molar refractivity (Wildman–Crippen MR) is 81.7 cm³/mol. The Morgan fingerprint density at radius 3 is 2.71 bits per heavy atom. The monoisotopic (exact) mass is 286 g/mol. The van der Waals surface area contributed by atoms with Crippen molar-refractivity contribution in [2.24, 2.45) is 0 Å². The van der Waals surface area contributed by atoms with E-state index in [1.165, 1.54) is 12.1 Å². The van der Waals surface area contributed by atoms with Crippen LogP contribution in [0.2, 0.25) is 0 Å². The maximum Gasteiger partial charge on any atom is 0.269 e. The van der Waals surface area contributed by atoms with E-state index in [1.807, 2.05) is 24.3 Å². The van der Waals surface area contributed by atoms with Crippen LogP contribution in [-0.4, -0.2) is 11.5 Å². The van der Waals surface area contributed by atoms with Gasteiger partial charge >= 0.3 is 0 Å². The van der Waals surface area contributed by atoms with Gasteiger partial charge < -0.3 is 10.1 Å². The van der Waals surface area contributed by atoms with Gasteiger partial charge in [0.05, 0.1) is 4.92 Å². The molecule has 0 saturated heterocycles. The Morgan fingerprint density at radius 2 is 2.05 bits per heavy atom. The highest BCUT2D eigenvalue weighted by molar-refractivity contribution is 5.45. The first kappa shape index (κ1) is 15.0. The number of nitrogens with zero attached hydrogens (tertiary/aromatic N) is 1. The van der Waals surface area contributed by atoms with Gasteiger partial charge in [-0.25, -0.2) is 0 Å². The van der Waals surface area contributed by atoms with Crippen molar-refractivity contribution < 1.29 is 9.66 Å². The van der Waals surface area contributed by atoms with Gasteiger partial charge in [-0.05, 0) is 42.8 Å². The van der Waals surface area contributed by atoms with Gasteiger partial charge in [0.25, 0.3) is 5.69 Å². The van der Waals surface area contributed by atoms with E-state index >= 15 is 0 Å². The summed E-state index contributed by atoms with van der Waals surface area (Å²) in [7, 11) is 0. The largest absolute Gasteiger partial charge is 0.457 e. The highest BCUT2D eigenvalue weighted by Crippen LogP contribution is 2.28. The summed E-state index contributed by atoms with van der Waals surface area (Å²) in [5.41, 5.74) is 1.94. The van der Waals surface area contributed by atoms with Crippen molar-refractivity contribution >= 4 is 5.69 Å². The molecule has 21 heavy (non-hydrogen) atoms. The zero-order valence-corrected chi connectivity index (χ0v) is 12.1. The van der Waals surface area contributed by atoms with E-state index in [9.17, 15) is 10.1 Å². The summed E-state index contributed by atoms with van der Waals surface area (Å²) in [6.07, 6.45) is 0. The molecule has 0 bridgehead atoms. The molecule has 0 amide bonds. The van der Waals surface area contributed by atoms with Crippen LogP contribution in [0.5, 0.6) is 11.5 Å². The van der Waals surface area contributed by atoms with Crippen LogP contribution in [-0.2, 0) is 6.54 Å². The van der Waals surface area contributed by atoms with Crippen LogP contribution in [0, 0.1) is 17.0 Å². The lowest BCUT2D eigenvalue weighted by molar-refractivity contribution is -0.384. The third-order valence-electron chi connectivity index (χ3n) is 3.07. The first-order chi connectivity index (χ1) is 10.1. The number of benzene rings is 2. The summed E-state index contributed by atoms with van der Waals surface area (Å²) in [5.74, 6) is 1.35. The lowest BCUT2D eigenvalue weighted by atomic mass is 10.2. The minimum absolute atomic E-state index is 0.0701. The summed E-state index contributed by atoms with van der Waals surface area (Å²) in [4.78, 5) is 10.3. The van der Waals surface area contributed by atoms with Gasteiger partial charge in [-0.1, -0.05) is 19.1 Å². The molecule has 0 atom stereocenters. The summed E-state index contributed by atoms with van der Waals surface area (Å²) >= 11 is 0. The fourth-order valence-corrected chi connectivity index (χ4v) is 1.98. The highest BCUT2D eigenvalue weighted by atomic mass is 16.6. The van der Waals surface area contributed by atoms with Crippen molar-refractivity contribution in [2.45, 2.75) is 20.4 Å². The highest BCUT2D eigenvalue weighted by Gasteiger charge is 2.09. The number of rotatable bonds is 6. The standard InChI is InChI=1S/C16H18N2O3/c1-3-17-11-13-5-4-6-15(10-13)21-16-8-7-14(18(19)20)9-12(16)2/h4-10,17H,3,11H2,1-2H3. The summed E-state index contributed by atoms with van der Waals surface area (Å²) < 4.78 is 5.81. The minimum atomic E-state index is -0.409. The lowest BCUT2D eigenvalue weighted by Gasteiger charge is -2.10. The van der Waals surface area contributed by atoms with Gasteiger partial charge in [0.1, 0.15) is 11.5 Å². The Labute approximate surface area is 123 Å². The van der Waals surface area contributed by atoms with Gasteiger partial charge in [0, 0.05) is 18.7 Å². The molecule has 0 spiro atoms. The van der Waals surface area contributed by atoms with E-state index in [2.05, 4.69) is 12.2 Å². The van der Waals surface area contributed by atoms with Crippen molar-refractivity contribution in [1.82, 2.24) is 5.32 Å². The Balaban J connectivity index is 2.16. The first-order valence-corrected chi connectivity index (χ1v) is 6.82. The second-order valence-electron chi connectivity index (χ2n) is 4.74. The molecular formula is C16H18N2O3. The molecule has 0 saturated carbocycles. The first-order valence-electron chi connectivity index (χ1n) is 6.82. The smallest absolute Gasteiger partial charge is 0.269 e. The van der Waals surface area contributed by atoms with E-state index in [-0.39, 0.29) is 5.69 Å². The Bertz CT molecular complexity index is 641. The molecule has 5 heteroatoms. The Hall–Kier alpha value is -2.40. The predicted octanol–water partition coefficient (Wildman–Crippen LogP) is 3.81. The number of hydrogen-bond donors (Lipinski definition) is 1. The van der Waals surface area contributed by atoms with Crippen LogP contribution in [0.25, 0.3) is 0 Å². The van der Waals surface area contributed by atoms with E-state index in [1.54, 1.807) is 13.0 Å². The van der Waals surface area contributed by atoms with Crippen LogP contribution < -0.4 is 10.1 Å². The van der Waals surface area contributed by atoms with Crippen molar-refractivity contribution in [2.75, 3.05) is 6.54 Å². The molecule has 0 aliphatic rings. The number of nitro benzene ring substituents is 1. The molecule has 0 aliphatic carbocycles. The van der Waals surface area contributed by atoms with Crippen LogP contribution in [0.3, 0.4) is 0 Å². The van der Waals surface area contributed by atoms with E-state index in [4.69, 9.17) is 4.74 Å². The SMILES string of the molecule is CCNCc1cccc(Oc2ccc([N+](=O)[O-])cc2C)c1. The Kier molecular flexibility index (Phi) is 4.90. The molecule has 0 fully saturated rings. The van der Waals surface area contributed by atoms with Crippen LogP contribution in [0.15, 0.2) is 42.5 Å². The maximum absolute atomic E-state index is 10.7. The molecule has 110 valence electrons. The Morgan fingerprint density at radius 1 is 1.24 bits per heavy atom. The number of ether oxygens (including phenoxy) is 1. The molecule has 0 unspecified atom stereocenters. The molecule has 5 nitrogen and oxygen atoms in total. The van der Waals surface area contributed by atoms with Crippen molar-refractivity contribution in [3.05, 3.63) is 63.7 Å². The minimum Gasteiger partial charge on any atom is -0.457 e. The normalized spacial score (nSPS) is 10.4. The van der Waals surface area contributed by atoms with E-state index < -0.39 is 4.92 Å². The summed E-state index contributed by atoms with van der Waals surface area (Å²) in [6.45, 7) is 5.55. The second kappa shape index (κ2) is 6.85. The zero-order chi connectivity index (χ0) is 15.2. The molecule has 0 radical (unpaired) electrons. The number of hydrogen-bond acceptors (Lipinski definition) is 4. The number of non-ortho nitro benzene ring substituents is 1. The van der Waals surface area contributed by atoms with E-state index in [0.717, 1.165) is 30.0 Å². The van der Waals surface area contributed by atoms with Gasteiger partial charge in [-0.2, -0.15) is 0 Å². The van der Waals surface area contributed by atoms with Crippen molar-refractivity contribution in [3.63, 3.8) is 0 Å². The van der Waals surface area contributed by atoms with Crippen LogP contribution in [0.1, 0.15) is 18.1 Å². The van der Waals surface area contributed by atoms with Crippen LogP contribution in [0.4, 0.5) is 5.69 Å². The van der Waals surface area contributed by atoms with Gasteiger partial charge in [0.2, 0.25) is 0 Å². The third-order valence-corrected chi connectivity index (χ3v) is 3.07. The van der Waals surface area contributed by atoms with Crippen LogP contribution >= 0.6 is 0 Å². The van der Waals surface area contributed by atoms with Crippen molar-refractivity contribution in [1.29, 1.82) is 0 Å². The number of nitrogens with one attached hydrogen (secondary N) is 1. The fourth-order valence-electron chi connectivity index (χ4n) is 1.98. The zero-order valence-electron chi connectivity index (χ0n) is 12.1. The molecule has 0 aliphatic heterocycles. The molecule has 2 aromatic carbocycles. The third kappa shape index (κ3) is 4.03. The molecular weight excluding hydrogens is 268 g/mol. The van der Waals surface area contributed by atoms with E-state index in [0.29, 0.717) is 5.75 Å². The topological polar surface area (TPSA) is 64.4 Å². The second-order valence-corrected chi connectivity index (χ2v) is 4.74. The van der Waals surface area contributed by atoms with Gasteiger partial charge in [-0.3, -0.25) is 10.1 Å². The van der Waals surface area contributed by atoms with Crippen molar-refractivity contribution in [3.8, 4) is 11.5 Å². The summed E-state index contributed by atoms with van der Waals surface area (Å²) in [5, 5.41) is 14.0. The fraction of sp³-hybridized carbons (Fsp3) is 0.250. The molecule has 0 heterocycles. The van der Waals surface area contributed by atoms with Gasteiger partial charge in [0.15, 0.2) is 0 Å². The average molecular weight is 286 g/mol. The molecule has 2 rings (SSSR count). The summed E-state index contributed by atoms with van der Waals surface area (Å²) in [6, 6.07) is 12.4.